The Labute approximate surface area is 115 Å². The first-order chi connectivity index (χ1) is 8.46. The molecule has 1 nitrogen and oxygen atoms in total. The molecule has 1 N–H and O–H groups in total. The van der Waals surface area contributed by atoms with Crippen molar-refractivity contribution < 1.29 is 0 Å². The van der Waals surface area contributed by atoms with Gasteiger partial charge in [0, 0.05) is 6.04 Å². The third kappa shape index (κ3) is 5.73. The second-order valence-electron chi connectivity index (χ2n) is 7.56. The summed E-state index contributed by atoms with van der Waals surface area (Å²) in [5, 5.41) is 3.59. The van der Waals surface area contributed by atoms with Crippen LogP contribution in [0.25, 0.3) is 0 Å². The summed E-state index contributed by atoms with van der Waals surface area (Å²) >= 11 is 0. The monoisotopic (exact) mass is 253 g/mol. The van der Waals surface area contributed by atoms with Gasteiger partial charge in [-0.15, -0.1) is 0 Å². The average Bonchev–Trinajstić information content (AvgIpc) is 2.31. The van der Waals surface area contributed by atoms with Crippen LogP contribution < -0.4 is 5.32 Å². The third-order valence-corrected chi connectivity index (χ3v) is 4.73. The molecular weight excluding hydrogens is 218 g/mol. The minimum absolute atomic E-state index is 0.481. The molecule has 0 spiro atoms. The fraction of sp³-hybridized carbons (Fsp3) is 1.00. The van der Waals surface area contributed by atoms with Gasteiger partial charge in [0.2, 0.25) is 0 Å². The molecule has 0 aromatic rings. The first-order valence-corrected chi connectivity index (χ1v) is 8.13. The molecule has 1 fully saturated rings. The van der Waals surface area contributed by atoms with Crippen LogP contribution in [0.2, 0.25) is 0 Å². The van der Waals surface area contributed by atoms with Crippen LogP contribution in [0, 0.1) is 17.3 Å². The van der Waals surface area contributed by atoms with Crippen LogP contribution in [-0.2, 0) is 0 Å². The Morgan fingerprint density at radius 2 is 1.72 bits per heavy atom. The molecule has 0 amide bonds. The highest BCUT2D eigenvalue weighted by molar-refractivity contribution is 4.82. The van der Waals surface area contributed by atoms with Crippen molar-refractivity contribution in [2.75, 3.05) is 7.05 Å². The number of nitrogens with one attached hydrogen (secondary N) is 1. The van der Waals surface area contributed by atoms with Crippen molar-refractivity contribution in [2.24, 2.45) is 17.3 Å². The van der Waals surface area contributed by atoms with Crippen molar-refractivity contribution in [1.29, 1.82) is 0 Å². The molecule has 18 heavy (non-hydrogen) atoms. The van der Waals surface area contributed by atoms with Gasteiger partial charge in [-0.1, -0.05) is 53.4 Å². The molecule has 0 bridgehead atoms. The maximum absolute atomic E-state index is 3.59. The van der Waals surface area contributed by atoms with Crippen LogP contribution >= 0.6 is 0 Å². The minimum Gasteiger partial charge on any atom is -0.317 e. The predicted octanol–water partition coefficient (Wildman–Crippen LogP) is 5.01. The second-order valence-corrected chi connectivity index (χ2v) is 7.56. The third-order valence-electron chi connectivity index (χ3n) is 4.73. The topological polar surface area (TPSA) is 12.0 Å². The Kier molecular flexibility index (Phi) is 6.70. The largest absolute Gasteiger partial charge is 0.317 e. The molecule has 1 heteroatoms. The lowest BCUT2D eigenvalue weighted by Crippen LogP contribution is -2.36. The van der Waals surface area contributed by atoms with Crippen molar-refractivity contribution in [3.05, 3.63) is 0 Å². The first-order valence-electron chi connectivity index (χ1n) is 8.13. The molecule has 0 aromatic heterocycles. The maximum Gasteiger partial charge on any atom is 0.00925 e. The summed E-state index contributed by atoms with van der Waals surface area (Å²) in [5.74, 6) is 1.97. The van der Waals surface area contributed by atoms with E-state index in [1.807, 2.05) is 0 Å². The van der Waals surface area contributed by atoms with Gasteiger partial charge in [-0.25, -0.2) is 0 Å². The van der Waals surface area contributed by atoms with E-state index in [2.05, 4.69) is 40.1 Å². The van der Waals surface area contributed by atoms with Crippen LogP contribution in [0.5, 0.6) is 0 Å². The summed E-state index contributed by atoms with van der Waals surface area (Å²) in [5.41, 5.74) is 0.481. The van der Waals surface area contributed by atoms with E-state index < -0.39 is 0 Å². The number of hydrogen-bond donors (Lipinski definition) is 1. The van der Waals surface area contributed by atoms with Crippen LogP contribution in [0.15, 0.2) is 0 Å². The van der Waals surface area contributed by atoms with E-state index in [-0.39, 0.29) is 0 Å². The van der Waals surface area contributed by atoms with Crippen molar-refractivity contribution in [1.82, 2.24) is 5.32 Å². The maximum atomic E-state index is 3.59. The summed E-state index contributed by atoms with van der Waals surface area (Å²) in [7, 11) is 2.16. The fourth-order valence-electron chi connectivity index (χ4n) is 3.49. The highest BCUT2D eigenvalue weighted by atomic mass is 14.9. The van der Waals surface area contributed by atoms with Gasteiger partial charge in [0.05, 0.1) is 0 Å². The van der Waals surface area contributed by atoms with Gasteiger partial charge in [0.25, 0.3) is 0 Å². The van der Waals surface area contributed by atoms with E-state index in [1.54, 1.807) is 0 Å². The molecule has 1 atom stereocenters. The Morgan fingerprint density at radius 3 is 2.17 bits per heavy atom. The van der Waals surface area contributed by atoms with Gasteiger partial charge in [-0.2, -0.15) is 0 Å². The number of hydrogen-bond acceptors (Lipinski definition) is 1. The van der Waals surface area contributed by atoms with E-state index in [9.17, 15) is 0 Å². The molecule has 1 rings (SSSR count). The van der Waals surface area contributed by atoms with Gasteiger partial charge < -0.3 is 5.32 Å². The molecule has 0 aromatic carbocycles. The van der Waals surface area contributed by atoms with E-state index in [4.69, 9.17) is 0 Å². The van der Waals surface area contributed by atoms with Gasteiger partial charge in [0.1, 0.15) is 0 Å². The molecule has 0 radical (unpaired) electrons. The average molecular weight is 253 g/mol. The lowest BCUT2D eigenvalue weighted by atomic mass is 9.75. The molecule has 0 heterocycles. The molecule has 108 valence electrons. The van der Waals surface area contributed by atoms with Gasteiger partial charge in [-0.3, -0.25) is 0 Å². The second kappa shape index (κ2) is 7.53. The summed E-state index contributed by atoms with van der Waals surface area (Å²) < 4.78 is 0. The van der Waals surface area contributed by atoms with Crippen LogP contribution in [0.1, 0.15) is 79.1 Å². The van der Waals surface area contributed by atoms with E-state index in [1.165, 1.54) is 51.4 Å². The highest BCUT2D eigenvalue weighted by Gasteiger charge is 2.27. The van der Waals surface area contributed by atoms with Crippen molar-refractivity contribution in [3.8, 4) is 0 Å². The van der Waals surface area contributed by atoms with Crippen LogP contribution in [0.4, 0.5) is 0 Å². The Bertz CT molecular complexity index is 208. The van der Waals surface area contributed by atoms with Crippen molar-refractivity contribution in [2.45, 2.75) is 85.1 Å². The summed E-state index contributed by atoms with van der Waals surface area (Å²) in [6, 6.07) is 0.756. The lowest BCUT2D eigenvalue weighted by Gasteiger charge is -2.35. The zero-order valence-corrected chi connectivity index (χ0v) is 13.4. The van der Waals surface area contributed by atoms with Gasteiger partial charge in [-0.05, 0) is 50.0 Å². The Morgan fingerprint density at radius 1 is 1.11 bits per heavy atom. The van der Waals surface area contributed by atoms with Crippen molar-refractivity contribution in [3.63, 3.8) is 0 Å². The molecule has 0 aliphatic heterocycles. The molecular formula is C17H35N. The molecule has 1 aliphatic carbocycles. The predicted molar refractivity (Wildman–Crippen MR) is 81.9 cm³/mol. The fourth-order valence-corrected chi connectivity index (χ4v) is 3.49. The number of rotatable bonds is 6. The van der Waals surface area contributed by atoms with Crippen LogP contribution in [0.3, 0.4) is 0 Å². The Hall–Kier alpha value is -0.0400. The van der Waals surface area contributed by atoms with E-state index >= 15 is 0 Å². The summed E-state index contributed by atoms with van der Waals surface area (Å²) in [6.07, 6.45) is 11.4. The lowest BCUT2D eigenvalue weighted by molar-refractivity contribution is 0.199. The van der Waals surface area contributed by atoms with E-state index in [0.29, 0.717) is 5.41 Å². The Balaban J connectivity index is 2.34. The zero-order chi connectivity index (χ0) is 13.6. The first kappa shape index (κ1) is 16.0. The normalized spacial score (nSPS) is 27.2. The molecule has 1 saturated carbocycles. The van der Waals surface area contributed by atoms with Crippen LogP contribution in [-0.4, -0.2) is 13.1 Å². The minimum atomic E-state index is 0.481. The summed E-state index contributed by atoms with van der Waals surface area (Å²) in [4.78, 5) is 0. The summed E-state index contributed by atoms with van der Waals surface area (Å²) in [6.45, 7) is 9.40. The molecule has 0 saturated heterocycles. The van der Waals surface area contributed by atoms with Crippen molar-refractivity contribution >= 4 is 0 Å². The SMILES string of the molecule is CCCC1CCC(C(CCC(C)(C)C)NC)CC1. The standard InChI is InChI=1S/C17H35N/c1-6-7-14-8-10-15(11-9-14)16(18-5)12-13-17(2,3)4/h14-16,18H,6-13H2,1-5H3. The zero-order valence-electron chi connectivity index (χ0n) is 13.4. The highest BCUT2D eigenvalue weighted by Crippen LogP contribution is 2.35. The van der Waals surface area contributed by atoms with E-state index in [0.717, 1.165) is 17.9 Å². The molecule has 1 aliphatic rings. The van der Waals surface area contributed by atoms with Gasteiger partial charge >= 0.3 is 0 Å². The van der Waals surface area contributed by atoms with Gasteiger partial charge in [0.15, 0.2) is 0 Å². The smallest absolute Gasteiger partial charge is 0.00925 e. The quantitative estimate of drug-likeness (QED) is 0.702. The molecule has 1 unspecified atom stereocenters.